The van der Waals surface area contributed by atoms with E-state index in [4.69, 9.17) is 5.11 Å². The van der Waals surface area contributed by atoms with Gasteiger partial charge in [0.05, 0.1) is 13.7 Å². The van der Waals surface area contributed by atoms with Crippen molar-refractivity contribution in [2.24, 2.45) is 0 Å². The maximum Gasteiger partial charge on any atom is 0.330 e. The van der Waals surface area contributed by atoms with E-state index in [9.17, 15) is 9.59 Å². The Morgan fingerprint density at radius 2 is 1.89 bits per heavy atom. The number of carbonyl (C=O) groups excluding carboxylic acids is 2. The Hall–Kier alpha value is -2.08. The molecular formula is C13H18N2O4. The fraction of sp³-hybridized carbons (Fsp3) is 0.385. The summed E-state index contributed by atoms with van der Waals surface area (Å²) in [5.41, 5.74) is 1.37. The van der Waals surface area contributed by atoms with Gasteiger partial charge in [0.25, 0.3) is 5.91 Å². The quantitative estimate of drug-likeness (QED) is 0.734. The minimum absolute atomic E-state index is 0.410. The molecule has 1 aromatic rings. The van der Waals surface area contributed by atoms with E-state index in [0.29, 0.717) is 5.56 Å². The standard InChI is InChI=1S/C13H18N2O4/c1-15(2)10-6-4-9(5-7-10)12(17)14-11(8-16)13(18)19-3/h4-7,11,16H,8H2,1-3H3,(H,14,17)/t11-/m1/s1. The van der Waals surface area contributed by atoms with E-state index in [1.54, 1.807) is 24.3 Å². The molecule has 0 aliphatic carbocycles. The number of amides is 1. The zero-order chi connectivity index (χ0) is 14.4. The molecular weight excluding hydrogens is 248 g/mol. The van der Waals surface area contributed by atoms with Crippen molar-refractivity contribution >= 4 is 17.6 Å². The molecule has 0 aromatic heterocycles. The molecule has 0 radical (unpaired) electrons. The van der Waals surface area contributed by atoms with Gasteiger partial charge in [0.2, 0.25) is 0 Å². The second-order valence-electron chi connectivity index (χ2n) is 4.17. The molecule has 6 heteroatoms. The number of aliphatic hydroxyl groups is 1. The molecule has 1 amide bonds. The van der Waals surface area contributed by atoms with Crippen molar-refractivity contribution in [3.63, 3.8) is 0 Å². The molecule has 0 fully saturated rings. The zero-order valence-corrected chi connectivity index (χ0v) is 11.2. The lowest BCUT2D eigenvalue weighted by Gasteiger charge is -2.15. The molecule has 0 spiro atoms. The highest BCUT2D eigenvalue weighted by atomic mass is 16.5. The maximum absolute atomic E-state index is 11.9. The maximum atomic E-state index is 11.9. The Balaban J connectivity index is 2.74. The lowest BCUT2D eigenvalue weighted by atomic mass is 10.1. The van der Waals surface area contributed by atoms with Crippen molar-refractivity contribution in [1.82, 2.24) is 5.32 Å². The van der Waals surface area contributed by atoms with Gasteiger partial charge in [-0.05, 0) is 24.3 Å². The van der Waals surface area contributed by atoms with Gasteiger partial charge >= 0.3 is 5.97 Å². The normalized spacial score (nSPS) is 11.6. The molecule has 0 saturated heterocycles. The Morgan fingerprint density at radius 3 is 2.32 bits per heavy atom. The van der Waals surface area contributed by atoms with Gasteiger partial charge < -0.3 is 20.1 Å². The van der Waals surface area contributed by atoms with Gasteiger partial charge in [0.15, 0.2) is 6.04 Å². The summed E-state index contributed by atoms with van der Waals surface area (Å²) in [4.78, 5) is 25.0. The smallest absolute Gasteiger partial charge is 0.330 e. The molecule has 1 atom stereocenters. The summed E-state index contributed by atoms with van der Waals surface area (Å²) in [6.45, 7) is -0.506. The second kappa shape index (κ2) is 6.75. The highest BCUT2D eigenvalue weighted by Gasteiger charge is 2.20. The van der Waals surface area contributed by atoms with Crippen LogP contribution in [0, 0.1) is 0 Å². The highest BCUT2D eigenvalue weighted by molar-refractivity contribution is 5.97. The largest absolute Gasteiger partial charge is 0.467 e. The molecule has 1 rings (SSSR count). The average molecular weight is 266 g/mol. The van der Waals surface area contributed by atoms with Crippen LogP contribution in [0.2, 0.25) is 0 Å². The minimum Gasteiger partial charge on any atom is -0.467 e. The second-order valence-corrected chi connectivity index (χ2v) is 4.17. The van der Waals surface area contributed by atoms with E-state index in [2.05, 4.69) is 10.1 Å². The van der Waals surface area contributed by atoms with Crippen LogP contribution in [0.3, 0.4) is 0 Å². The van der Waals surface area contributed by atoms with Crippen molar-refractivity contribution in [1.29, 1.82) is 0 Å². The first kappa shape index (κ1) is 15.0. The summed E-state index contributed by atoms with van der Waals surface area (Å²) < 4.78 is 4.47. The molecule has 1 aromatic carbocycles. The third-order valence-corrected chi connectivity index (χ3v) is 2.62. The Labute approximate surface area is 112 Å². The van der Waals surface area contributed by atoms with Gasteiger partial charge in [0.1, 0.15) is 0 Å². The minimum atomic E-state index is -1.05. The molecule has 0 saturated carbocycles. The number of benzene rings is 1. The monoisotopic (exact) mass is 266 g/mol. The summed E-state index contributed by atoms with van der Waals surface area (Å²) in [6.07, 6.45) is 0. The van der Waals surface area contributed by atoms with Crippen molar-refractivity contribution in [2.45, 2.75) is 6.04 Å². The number of hydrogen-bond acceptors (Lipinski definition) is 5. The van der Waals surface area contributed by atoms with Crippen molar-refractivity contribution in [3.8, 4) is 0 Å². The summed E-state index contributed by atoms with van der Waals surface area (Å²) >= 11 is 0. The van der Waals surface area contributed by atoms with Crippen molar-refractivity contribution < 1.29 is 19.4 Å². The lowest BCUT2D eigenvalue weighted by Crippen LogP contribution is -2.44. The number of methoxy groups -OCH3 is 1. The Bertz CT molecular complexity index is 442. The van der Waals surface area contributed by atoms with E-state index < -0.39 is 24.5 Å². The van der Waals surface area contributed by atoms with Crippen LogP contribution in [-0.4, -0.2) is 50.8 Å². The van der Waals surface area contributed by atoms with Crippen LogP contribution in [0.5, 0.6) is 0 Å². The van der Waals surface area contributed by atoms with Gasteiger partial charge in [-0.25, -0.2) is 4.79 Å². The van der Waals surface area contributed by atoms with Crippen LogP contribution >= 0.6 is 0 Å². The number of esters is 1. The van der Waals surface area contributed by atoms with E-state index in [1.807, 2.05) is 19.0 Å². The van der Waals surface area contributed by atoms with Crippen LogP contribution in [0.15, 0.2) is 24.3 Å². The van der Waals surface area contributed by atoms with Gasteiger partial charge in [0, 0.05) is 25.3 Å². The van der Waals surface area contributed by atoms with Crippen molar-refractivity contribution in [3.05, 3.63) is 29.8 Å². The van der Waals surface area contributed by atoms with E-state index >= 15 is 0 Å². The molecule has 2 N–H and O–H groups in total. The number of aliphatic hydroxyl groups excluding tert-OH is 1. The number of rotatable bonds is 5. The molecule has 104 valence electrons. The third kappa shape index (κ3) is 3.96. The summed E-state index contributed by atoms with van der Waals surface area (Å²) in [5.74, 6) is -1.12. The van der Waals surface area contributed by atoms with Gasteiger partial charge in [-0.2, -0.15) is 0 Å². The first-order chi connectivity index (χ1) is 8.99. The molecule has 0 aliphatic heterocycles. The van der Waals surface area contributed by atoms with Gasteiger partial charge in [-0.15, -0.1) is 0 Å². The first-order valence-corrected chi connectivity index (χ1v) is 5.76. The van der Waals surface area contributed by atoms with Crippen molar-refractivity contribution in [2.75, 3.05) is 32.7 Å². The van der Waals surface area contributed by atoms with Crippen LogP contribution < -0.4 is 10.2 Å². The Morgan fingerprint density at radius 1 is 1.32 bits per heavy atom. The lowest BCUT2D eigenvalue weighted by molar-refractivity contribution is -0.143. The molecule has 19 heavy (non-hydrogen) atoms. The first-order valence-electron chi connectivity index (χ1n) is 5.76. The third-order valence-electron chi connectivity index (χ3n) is 2.62. The number of hydrogen-bond donors (Lipinski definition) is 2. The van der Waals surface area contributed by atoms with Crippen LogP contribution in [0.25, 0.3) is 0 Å². The molecule has 0 bridgehead atoms. The highest BCUT2D eigenvalue weighted by Crippen LogP contribution is 2.12. The van der Waals surface area contributed by atoms with E-state index in [-0.39, 0.29) is 0 Å². The van der Waals surface area contributed by atoms with E-state index in [1.165, 1.54) is 7.11 Å². The van der Waals surface area contributed by atoms with Crippen LogP contribution in [0.4, 0.5) is 5.69 Å². The number of nitrogens with one attached hydrogen (secondary N) is 1. The van der Waals surface area contributed by atoms with Crippen LogP contribution in [0.1, 0.15) is 10.4 Å². The predicted octanol–water partition coefficient (Wildman–Crippen LogP) is 0.0163. The predicted molar refractivity (Wildman–Crippen MR) is 71.1 cm³/mol. The number of nitrogens with zero attached hydrogens (tertiary/aromatic N) is 1. The fourth-order valence-corrected chi connectivity index (χ4v) is 1.47. The topological polar surface area (TPSA) is 78.9 Å². The molecule has 0 unspecified atom stereocenters. The van der Waals surface area contributed by atoms with Gasteiger partial charge in [-0.3, -0.25) is 4.79 Å². The van der Waals surface area contributed by atoms with Gasteiger partial charge in [-0.1, -0.05) is 0 Å². The summed E-state index contributed by atoms with van der Waals surface area (Å²) in [7, 11) is 4.99. The Kier molecular flexibility index (Phi) is 5.32. The number of carbonyl (C=O) groups is 2. The summed E-state index contributed by atoms with van der Waals surface area (Å²) in [5, 5.41) is 11.4. The number of anilines is 1. The number of ether oxygens (including phenoxy) is 1. The SMILES string of the molecule is COC(=O)[C@@H](CO)NC(=O)c1ccc(N(C)C)cc1. The zero-order valence-electron chi connectivity index (χ0n) is 11.2. The fourth-order valence-electron chi connectivity index (χ4n) is 1.47. The molecule has 0 aliphatic rings. The molecule has 6 nitrogen and oxygen atoms in total. The van der Waals surface area contributed by atoms with Crippen LogP contribution in [-0.2, 0) is 9.53 Å². The average Bonchev–Trinajstić information content (AvgIpc) is 2.43. The molecule has 0 heterocycles. The van der Waals surface area contributed by atoms with E-state index in [0.717, 1.165) is 5.69 Å². The summed E-state index contributed by atoms with van der Waals surface area (Å²) in [6, 6.07) is 5.83.